The van der Waals surface area contributed by atoms with E-state index < -0.39 is 36.6 Å². The standard InChI is InChI=1S/C39H27N9O9S2/c49-21-23-17-35(36(50)20-34(23)44-42-26-9-7-25(8-10-26)41-40-24-4-2-1-3-5-24)45-43-33-14-6-22-16-27(11-12-29(22)39(33)51)48-46-32-15-13-30-31(38(32)47-48)18-28(58(52,53)54)19-37(30)59(55,56)57/h1-20,49-51H,21H2,(H,52,53,54)(H,55,56,57). The summed E-state index contributed by atoms with van der Waals surface area (Å²) in [7, 11) is -9.78. The predicted molar refractivity (Wildman–Crippen MR) is 215 cm³/mol. The Kier molecular flexibility index (Phi) is 9.91. The first-order valence-electron chi connectivity index (χ1n) is 17.2. The molecule has 0 spiro atoms. The number of phenols is 2. The lowest BCUT2D eigenvalue weighted by atomic mass is 10.1. The smallest absolute Gasteiger partial charge is 0.295 e. The van der Waals surface area contributed by atoms with Crippen molar-refractivity contribution in [3.8, 4) is 17.2 Å². The van der Waals surface area contributed by atoms with Crippen LogP contribution in [0.1, 0.15) is 5.56 Å². The van der Waals surface area contributed by atoms with Gasteiger partial charge in [0.1, 0.15) is 33.1 Å². The Balaban J connectivity index is 1.04. The Hall–Kier alpha value is -7.36. The van der Waals surface area contributed by atoms with Gasteiger partial charge in [-0.15, -0.1) is 20.4 Å². The quantitative estimate of drug-likeness (QED) is 0.0639. The van der Waals surface area contributed by atoms with E-state index in [1.54, 1.807) is 48.5 Å². The molecule has 0 saturated heterocycles. The van der Waals surface area contributed by atoms with E-state index in [-0.39, 0.29) is 50.4 Å². The molecule has 8 rings (SSSR count). The fourth-order valence-electron chi connectivity index (χ4n) is 6.05. The van der Waals surface area contributed by atoms with E-state index in [1.165, 1.54) is 35.1 Å². The molecule has 0 amide bonds. The van der Waals surface area contributed by atoms with Crippen LogP contribution < -0.4 is 0 Å². The van der Waals surface area contributed by atoms with E-state index in [1.807, 2.05) is 30.3 Å². The first-order valence-corrected chi connectivity index (χ1v) is 20.1. The number of nitrogens with zero attached hydrogens (tertiary/aromatic N) is 9. The van der Waals surface area contributed by atoms with Crippen LogP contribution in [0.5, 0.6) is 11.5 Å². The number of hydrogen-bond donors (Lipinski definition) is 5. The van der Waals surface area contributed by atoms with Crippen LogP contribution in [0.3, 0.4) is 0 Å². The van der Waals surface area contributed by atoms with Crippen molar-refractivity contribution in [3.63, 3.8) is 0 Å². The number of aromatic nitrogens is 3. The minimum atomic E-state index is -4.91. The highest BCUT2D eigenvalue weighted by molar-refractivity contribution is 7.86. The lowest BCUT2D eigenvalue weighted by molar-refractivity contribution is 0.282. The van der Waals surface area contributed by atoms with Gasteiger partial charge in [-0.25, -0.2) is 0 Å². The molecule has 0 fully saturated rings. The molecule has 0 radical (unpaired) electrons. The van der Waals surface area contributed by atoms with E-state index >= 15 is 0 Å². The molecule has 0 aliphatic rings. The second-order valence-corrected chi connectivity index (χ2v) is 15.6. The number of phenolic OH excluding ortho intramolecular Hbond substituents is 2. The average Bonchev–Trinajstić information content (AvgIpc) is 3.67. The first kappa shape index (κ1) is 38.5. The number of hydrogen-bond acceptors (Lipinski definition) is 15. The maximum Gasteiger partial charge on any atom is 0.295 e. The van der Waals surface area contributed by atoms with E-state index in [0.29, 0.717) is 45.2 Å². The zero-order chi connectivity index (χ0) is 41.5. The number of rotatable bonds is 10. The molecule has 0 saturated carbocycles. The Bertz CT molecular complexity index is 3290. The van der Waals surface area contributed by atoms with Crippen molar-refractivity contribution in [2.75, 3.05) is 0 Å². The van der Waals surface area contributed by atoms with Gasteiger partial charge in [0, 0.05) is 27.8 Å². The average molecular weight is 830 g/mol. The van der Waals surface area contributed by atoms with Crippen LogP contribution in [0.2, 0.25) is 0 Å². The molecule has 0 unspecified atom stereocenters. The molecular formula is C39H27N9O9S2. The number of aliphatic hydroxyl groups excluding tert-OH is 1. The highest BCUT2D eigenvalue weighted by Gasteiger charge is 2.23. The summed E-state index contributed by atoms with van der Waals surface area (Å²) >= 11 is 0. The minimum Gasteiger partial charge on any atom is -0.506 e. The molecule has 5 N–H and O–H groups in total. The summed E-state index contributed by atoms with van der Waals surface area (Å²) in [5.41, 5.74) is 3.08. The summed E-state index contributed by atoms with van der Waals surface area (Å²) in [6.07, 6.45) is 0. The molecule has 7 aromatic carbocycles. The van der Waals surface area contributed by atoms with Gasteiger partial charge in [0.15, 0.2) is 5.75 Å². The fourth-order valence-corrected chi connectivity index (χ4v) is 7.39. The van der Waals surface area contributed by atoms with Crippen molar-refractivity contribution in [2.24, 2.45) is 30.7 Å². The van der Waals surface area contributed by atoms with Crippen LogP contribution in [0.25, 0.3) is 38.3 Å². The van der Waals surface area contributed by atoms with Crippen molar-refractivity contribution in [2.45, 2.75) is 16.4 Å². The number of aromatic hydroxyl groups is 2. The van der Waals surface area contributed by atoms with Crippen LogP contribution in [0.4, 0.5) is 34.1 Å². The van der Waals surface area contributed by atoms with Crippen LogP contribution >= 0.6 is 0 Å². The normalized spacial score (nSPS) is 12.6. The van der Waals surface area contributed by atoms with Gasteiger partial charge in [-0.05, 0) is 90.3 Å². The van der Waals surface area contributed by atoms with Crippen LogP contribution in [0.15, 0.2) is 162 Å². The largest absolute Gasteiger partial charge is 0.506 e. The zero-order valence-corrected chi connectivity index (χ0v) is 31.6. The number of benzene rings is 7. The predicted octanol–water partition coefficient (Wildman–Crippen LogP) is 9.37. The van der Waals surface area contributed by atoms with Gasteiger partial charge in [0.2, 0.25) is 0 Å². The van der Waals surface area contributed by atoms with Gasteiger partial charge < -0.3 is 15.3 Å². The number of azo groups is 3. The topological polar surface area (TPSA) is 274 Å². The molecule has 1 aromatic heterocycles. The third-order valence-electron chi connectivity index (χ3n) is 8.95. The fraction of sp³-hybridized carbons (Fsp3) is 0.0256. The second-order valence-electron chi connectivity index (χ2n) is 12.8. The molecule has 8 aromatic rings. The number of aliphatic hydroxyl groups is 1. The lowest BCUT2D eigenvalue weighted by Gasteiger charge is -2.07. The van der Waals surface area contributed by atoms with Crippen molar-refractivity contribution >= 4 is 86.9 Å². The van der Waals surface area contributed by atoms with Crippen molar-refractivity contribution in [3.05, 3.63) is 127 Å². The molecule has 0 bridgehead atoms. The first-order chi connectivity index (χ1) is 28.2. The second kappa shape index (κ2) is 15.2. The van der Waals surface area contributed by atoms with Crippen LogP contribution in [0, 0.1) is 0 Å². The third kappa shape index (κ3) is 7.97. The van der Waals surface area contributed by atoms with Gasteiger partial charge in [0.25, 0.3) is 20.2 Å². The summed E-state index contributed by atoms with van der Waals surface area (Å²) in [6.45, 7) is -0.451. The molecule has 0 atom stereocenters. The van der Waals surface area contributed by atoms with Crippen molar-refractivity contribution < 1.29 is 41.3 Å². The molecule has 294 valence electrons. The van der Waals surface area contributed by atoms with Gasteiger partial charge in [-0.2, -0.15) is 42.1 Å². The van der Waals surface area contributed by atoms with Gasteiger partial charge >= 0.3 is 0 Å². The van der Waals surface area contributed by atoms with Gasteiger partial charge in [-0.3, -0.25) is 9.11 Å². The highest BCUT2D eigenvalue weighted by atomic mass is 32.2. The molecule has 0 aliphatic heterocycles. The Morgan fingerprint density at radius 3 is 1.88 bits per heavy atom. The van der Waals surface area contributed by atoms with E-state index in [9.17, 15) is 41.3 Å². The minimum absolute atomic E-state index is 0.00672. The summed E-state index contributed by atoms with van der Waals surface area (Å²) in [4.78, 5) is -0.291. The van der Waals surface area contributed by atoms with Crippen LogP contribution in [-0.2, 0) is 26.8 Å². The Morgan fingerprint density at radius 2 is 1.20 bits per heavy atom. The van der Waals surface area contributed by atoms with Crippen molar-refractivity contribution in [1.82, 2.24) is 15.0 Å². The monoisotopic (exact) mass is 829 g/mol. The molecule has 0 aliphatic carbocycles. The summed E-state index contributed by atoms with van der Waals surface area (Å²) in [6, 6.07) is 31.1. The van der Waals surface area contributed by atoms with Gasteiger partial charge in [0.05, 0.1) is 39.9 Å². The SMILES string of the molecule is O=S(=O)(O)c1cc(S(=O)(=O)O)c2ccc3nn(-c4ccc5c(O)c(N=Nc6cc(CO)c(N=Nc7ccc(N=Nc8ccccc8)cc7)cc6O)ccc5c4)nc3c2c1. The lowest BCUT2D eigenvalue weighted by Crippen LogP contribution is -2.04. The Morgan fingerprint density at radius 1 is 0.559 bits per heavy atom. The van der Waals surface area contributed by atoms with E-state index in [4.69, 9.17) is 0 Å². The van der Waals surface area contributed by atoms with Crippen LogP contribution in [-0.4, -0.2) is 56.3 Å². The molecule has 59 heavy (non-hydrogen) atoms. The highest BCUT2D eigenvalue weighted by Crippen LogP contribution is 2.40. The molecule has 18 nitrogen and oxygen atoms in total. The zero-order valence-electron chi connectivity index (χ0n) is 30.0. The van der Waals surface area contributed by atoms with E-state index in [2.05, 4.69) is 40.9 Å². The summed E-state index contributed by atoms with van der Waals surface area (Å²) in [5.74, 6) is -0.547. The number of fused-ring (bicyclic) bond motifs is 4. The summed E-state index contributed by atoms with van der Waals surface area (Å²) < 4.78 is 67.6. The summed E-state index contributed by atoms with van der Waals surface area (Å²) in [5, 5.41) is 66.6. The van der Waals surface area contributed by atoms with Gasteiger partial charge in [-0.1, -0.05) is 30.3 Å². The molecular weight excluding hydrogens is 803 g/mol. The molecule has 20 heteroatoms. The van der Waals surface area contributed by atoms with Crippen molar-refractivity contribution in [1.29, 1.82) is 0 Å². The maximum atomic E-state index is 12.1. The maximum absolute atomic E-state index is 12.1. The molecule has 1 heterocycles. The van der Waals surface area contributed by atoms with E-state index in [0.717, 1.165) is 6.07 Å². The third-order valence-corrected chi connectivity index (χ3v) is 10.7. The Labute approximate surface area is 333 Å².